The standard InChI is InChI=1S/C15H13ClS2/c1-2-11-7-8-13(17-11)15(16)14-9-10-5-3-4-6-12(10)18-14/h3-9,15H,2H2,1H3. The minimum Gasteiger partial charge on any atom is -0.143 e. The predicted molar refractivity (Wildman–Crippen MR) is 83.2 cm³/mol. The molecule has 0 aliphatic carbocycles. The zero-order chi connectivity index (χ0) is 12.5. The number of rotatable bonds is 3. The van der Waals surface area contributed by atoms with E-state index in [1.807, 2.05) is 11.3 Å². The van der Waals surface area contributed by atoms with Crippen molar-refractivity contribution in [3.8, 4) is 0 Å². The van der Waals surface area contributed by atoms with Gasteiger partial charge in [-0.3, -0.25) is 0 Å². The van der Waals surface area contributed by atoms with E-state index >= 15 is 0 Å². The van der Waals surface area contributed by atoms with Gasteiger partial charge in [-0.25, -0.2) is 0 Å². The van der Waals surface area contributed by atoms with Crippen molar-refractivity contribution in [3.05, 3.63) is 57.1 Å². The van der Waals surface area contributed by atoms with Crippen molar-refractivity contribution in [2.24, 2.45) is 0 Å². The minimum absolute atomic E-state index is 0.00676. The Balaban J connectivity index is 1.98. The number of aryl methyl sites for hydroxylation is 1. The van der Waals surface area contributed by atoms with E-state index in [9.17, 15) is 0 Å². The van der Waals surface area contributed by atoms with E-state index in [-0.39, 0.29) is 5.38 Å². The molecule has 3 heteroatoms. The van der Waals surface area contributed by atoms with E-state index in [0.717, 1.165) is 6.42 Å². The van der Waals surface area contributed by atoms with E-state index in [1.54, 1.807) is 11.3 Å². The molecule has 3 rings (SSSR count). The Labute approximate surface area is 120 Å². The number of alkyl halides is 1. The molecule has 0 amide bonds. The summed E-state index contributed by atoms with van der Waals surface area (Å²) in [6.45, 7) is 2.18. The highest BCUT2D eigenvalue weighted by molar-refractivity contribution is 7.19. The quantitative estimate of drug-likeness (QED) is 0.531. The van der Waals surface area contributed by atoms with Crippen LogP contribution in [0.5, 0.6) is 0 Å². The van der Waals surface area contributed by atoms with Crippen molar-refractivity contribution in [3.63, 3.8) is 0 Å². The molecule has 0 bridgehead atoms. The molecule has 0 nitrogen and oxygen atoms in total. The minimum atomic E-state index is -0.00676. The predicted octanol–water partition coefficient (Wildman–Crippen LogP) is 5.85. The molecule has 2 aromatic heterocycles. The second kappa shape index (κ2) is 5.04. The maximum absolute atomic E-state index is 6.59. The third-order valence-corrected chi connectivity index (χ3v) is 6.18. The van der Waals surface area contributed by atoms with Crippen LogP contribution in [0.1, 0.15) is 26.9 Å². The molecule has 1 aromatic carbocycles. The number of halogens is 1. The third kappa shape index (κ3) is 2.20. The maximum Gasteiger partial charge on any atom is 0.102 e. The van der Waals surface area contributed by atoms with Gasteiger partial charge in [0.15, 0.2) is 0 Å². The van der Waals surface area contributed by atoms with Gasteiger partial charge in [0.05, 0.1) is 0 Å². The van der Waals surface area contributed by atoms with Crippen molar-refractivity contribution in [2.45, 2.75) is 18.7 Å². The van der Waals surface area contributed by atoms with Gasteiger partial charge < -0.3 is 0 Å². The number of benzene rings is 1. The van der Waals surface area contributed by atoms with Crippen molar-refractivity contribution in [1.82, 2.24) is 0 Å². The first-order valence-electron chi connectivity index (χ1n) is 5.99. The summed E-state index contributed by atoms with van der Waals surface area (Å²) in [5.74, 6) is 0. The summed E-state index contributed by atoms with van der Waals surface area (Å²) >= 11 is 10.2. The zero-order valence-electron chi connectivity index (χ0n) is 10.0. The van der Waals surface area contributed by atoms with Crippen LogP contribution < -0.4 is 0 Å². The van der Waals surface area contributed by atoms with Crippen LogP contribution >= 0.6 is 34.3 Å². The topological polar surface area (TPSA) is 0 Å². The highest BCUT2D eigenvalue weighted by Crippen LogP contribution is 2.39. The molecule has 0 radical (unpaired) electrons. The Morgan fingerprint density at radius 1 is 1.06 bits per heavy atom. The number of fused-ring (bicyclic) bond motifs is 1. The van der Waals surface area contributed by atoms with Gasteiger partial charge >= 0.3 is 0 Å². The van der Waals surface area contributed by atoms with Crippen LogP contribution in [0.25, 0.3) is 10.1 Å². The van der Waals surface area contributed by atoms with E-state index < -0.39 is 0 Å². The van der Waals surface area contributed by atoms with Crippen molar-refractivity contribution in [2.75, 3.05) is 0 Å². The first kappa shape index (κ1) is 12.2. The third-order valence-electron chi connectivity index (χ3n) is 2.98. The molecule has 2 heterocycles. The Bertz CT molecular complexity index is 633. The monoisotopic (exact) mass is 292 g/mol. The molecule has 3 aromatic rings. The van der Waals surface area contributed by atoms with Gasteiger partial charge in [-0.05, 0) is 36.1 Å². The first-order valence-corrected chi connectivity index (χ1v) is 8.06. The van der Waals surface area contributed by atoms with Crippen LogP contribution in [0.3, 0.4) is 0 Å². The highest BCUT2D eigenvalue weighted by atomic mass is 35.5. The number of hydrogen-bond donors (Lipinski definition) is 0. The van der Waals surface area contributed by atoms with Gasteiger partial charge in [-0.15, -0.1) is 34.3 Å². The molecular formula is C15H13ClS2. The molecular weight excluding hydrogens is 280 g/mol. The molecule has 0 aliphatic heterocycles. The fourth-order valence-electron chi connectivity index (χ4n) is 1.99. The summed E-state index contributed by atoms with van der Waals surface area (Å²) in [4.78, 5) is 3.89. The fraction of sp³-hybridized carbons (Fsp3) is 0.200. The lowest BCUT2D eigenvalue weighted by Gasteiger charge is -2.02. The van der Waals surface area contributed by atoms with Crippen LogP contribution in [-0.2, 0) is 6.42 Å². The Morgan fingerprint density at radius 2 is 1.89 bits per heavy atom. The average Bonchev–Trinajstić information content (AvgIpc) is 3.04. The van der Waals surface area contributed by atoms with Crippen molar-refractivity contribution >= 4 is 44.4 Å². The molecule has 0 N–H and O–H groups in total. The summed E-state index contributed by atoms with van der Waals surface area (Å²) < 4.78 is 1.31. The van der Waals surface area contributed by atoms with Crippen LogP contribution in [0.4, 0.5) is 0 Å². The normalized spacial score (nSPS) is 13.0. The molecule has 0 aliphatic rings. The summed E-state index contributed by atoms with van der Waals surface area (Å²) in [7, 11) is 0. The van der Waals surface area contributed by atoms with E-state index in [2.05, 4.69) is 49.4 Å². The molecule has 0 saturated carbocycles. The molecule has 0 spiro atoms. The van der Waals surface area contributed by atoms with Crippen molar-refractivity contribution < 1.29 is 0 Å². The van der Waals surface area contributed by atoms with Crippen LogP contribution in [-0.4, -0.2) is 0 Å². The Hall–Kier alpha value is -0.830. The second-order valence-corrected chi connectivity index (χ2v) is 6.96. The number of thiophene rings is 2. The van der Waals surface area contributed by atoms with Gasteiger partial charge in [-0.1, -0.05) is 25.1 Å². The van der Waals surface area contributed by atoms with Crippen LogP contribution in [0.2, 0.25) is 0 Å². The average molecular weight is 293 g/mol. The van der Waals surface area contributed by atoms with Gasteiger partial charge in [-0.2, -0.15) is 0 Å². The first-order chi connectivity index (χ1) is 8.78. The summed E-state index contributed by atoms with van der Waals surface area (Å²) in [5, 5.41) is 1.28. The molecule has 1 atom stereocenters. The smallest absolute Gasteiger partial charge is 0.102 e. The highest BCUT2D eigenvalue weighted by Gasteiger charge is 2.15. The number of hydrogen-bond acceptors (Lipinski definition) is 2. The summed E-state index contributed by atoms with van der Waals surface area (Å²) in [6, 6.07) is 15.0. The second-order valence-electron chi connectivity index (χ2n) is 4.21. The molecule has 92 valence electrons. The van der Waals surface area contributed by atoms with Crippen LogP contribution in [0, 0.1) is 0 Å². The van der Waals surface area contributed by atoms with Gasteiger partial charge in [0.25, 0.3) is 0 Å². The maximum atomic E-state index is 6.59. The summed E-state index contributed by atoms with van der Waals surface area (Å²) in [5.41, 5.74) is 0. The largest absolute Gasteiger partial charge is 0.143 e. The van der Waals surface area contributed by atoms with Gasteiger partial charge in [0, 0.05) is 19.3 Å². The SMILES string of the molecule is CCc1ccc(C(Cl)c2cc3ccccc3s2)s1. The summed E-state index contributed by atoms with van der Waals surface area (Å²) in [6.07, 6.45) is 1.08. The Kier molecular flexibility index (Phi) is 3.42. The van der Waals surface area contributed by atoms with E-state index in [4.69, 9.17) is 11.6 Å². The molecule has 0 saturated heterocycles. The van der Waals surface area contributed by atoms with Crippen molar-refractivity contribution in [1.29, 1.82) is 0 Å². The fourth-order valence-corrected chi connectivity index (χ4v) is 4.48. The van der Waals surface area contributed by atoms with E-state index in [1.165, 1.54) is 24.7 Å². The lowest BCUT2D eigenvalue weighted by molar-refractivity contribution is 1.19. The van der Waals surface area contributed by atoms with Crippen LogP contribution in [0.15, 0.2) is 42.5 Å². The molecule has 18 heavy (non-hydrogen) atoms. The van der Waals surface area contributed by atoms with E-state index in [0.29, 0.717) is 0 Å². The van der Waals surface area contributed by atoms with Gasteiger partial charge in [0.1, 0.15) is 5.38 Å². The lowest BCUT2D eigenvalue weighted by atomic mass is 10.2. The molecule has 1 unspecified atom stereocenters. The Morgan fingerprint density at radius 3 is 2.61 bits per heavy atom. The van der Waals surface area contributed by atoms with Gasteiger partial charge in [0.2, 0.25) is 0 Å². The molecule has 0 fully saturated rings. The lowest BCUT2D eigenvalue weighted by Crippen LogP contribution is -1.84. The zero-order valence-corrected chi connectivity index (χ0v) is 12.4.